The van der Waals surface area contributed by atoms with Crippen molar-refractivity contribution in [3.05, 3.63) is 34.9 Å². The molecule has 0 aromatic heterocycles. The molecule has 66 valence electrons. The number of rotatable bonds is 0. The fraction of sp³-hybridized carbons (Fsp3) is 0.250. The van der Waals surface area contributed by atoms with Crippen LogP contribution in [0, 0.1) is 25.7 Å². The third-order valence-electron chi connectivity index (χ3n) is 1.60. The normalized spacial score (nSPS) is 8.85. The van der Waals surface area contributed by atoms with Crippen molar-refractivity contribution in [2.24, 2.45) is 0 Å². The topological polar surface area (TPSA) is 17.1 Å². The first-order valence-electron chi connectivity index (χ1n) is 4.19. The Kier molecular flexibility index (Phi) is 2.87. The first-order valence-corrected chi connectivity index (χ1v) is 4.19. The lowest BCUT2D eigenvalue weighted by Gasteiger charge is -1.96. The van der Waals surface area contributed by atoms with Gasteiger partial charge in [-0.3, -0.25) is 4.79 Å². The Hall–Kier alpha value is -1.55. The lowest BCUT2D eigenvalue weighted by atomic mass is 10.1. The van der Waals surface area contributed by atoms with Crippen molar-refractivity contribution in [1.82, 2.24) is 0 Å². The minimum absolute atomic E-state index is 0.0980. The van der Waals surface area contributed by atoms with E-state index in [1.807, 2.05) is 26.0 Å². The zero-order valence-corrected chi connectivity index (χ0v) is 8.14. The van der Waals surface area contributed by atoms with Gasteiger partial charge in [0.1, 0.15) is 0 Å². The van der Waals surface area contributed by atoms with Crippen molar-refractivity contribution < 1.29 is 4.79 Å². The highest BCUT2D eigenvalue weighted by Crippen LogP contribution is 2.07. The van der Waals surface area contributed by atoms with E-state index in [1.54, 1.807) is 0 Å². The molecule has 0 unspecified atom stereocenters. The standard InChI is InChI=1S/C12H12O/c1-9-6-10(2)8-12(7-9)5-4-11(3)13/h6-8H,1-3H3. The molecule has 0 radical (unpaired) electrons. The van der Waals surface area contributed by atoms with E-state index in [2.05, 4.69) is 17.9 Å². The van der Waals surface area contributed by atoms with Crippen LogP contribution in [0.15, 0.2) is 18.2 Å². The molecule has 1 nitrogen and oxygen atoms in total. The summed E-state index contributed by atoms with van der Waals surface area (Å²) in [4.78, 5) is 10.6. The number of aryl methyl sites for hydroxylation is 2. The summed E-state index contributed by atoms with van der Waals surface area (Å²) in [5.74, 6) is 5.26. The average Bonchev–Trinajstić information content (AvgIpc) is 1.99. The van der Waals surface area contributed by atoms with Gasteiger partial charge in [0.25, 0.3) is 0 Å². The molecule has 0 N–H and O–H groups in total. The minimum atomic E-state index is -0.0980. The van der Waals surface area contributed by atoms with Crippen molar-refractivity contribution in [3.8, 4) is 11.8 Å². The predicted octanol–water partition coefficient (Wildman–Crippen LogP) is 2.24. The Bertz CT molecular complexity index is 371. The summed E-state index contributed by atoms with van der Waals surface area (Å²) in [6.45, 7) is 5.51. The van der Waals surface area contributed by atoms with Crippen LogP contribution >= 0.6 is 0 Å². The maximum absolute atomic E-state index is 10.6. The molecule has 0 spiro atoms. The van der Waals surface area contributed by atoms with Crippen molar-refractivity contribution >= 4 is 5.78 Å². The number of hydrogen-bond donors (Lipinski definition) is 0. The molecule has 13 heavy (non-hydrogen) atoms. The Morgan fingerprint density at radius 1 is 1.15 bits per heavy atom. The smallest absolute Gasteiger partial charge is 0.202 e. The summed E-state index contributed by atoms with van der Waals surface area (Å²) >= 11 is 0. The van der Waals surface area contributed by atoms with E-state index in [4.69, 9.17) is 0 Å². The van der Waals surface area contributed by atoms with E-state index in [0.29, 0.717) is 0 Å². The molecule has 1 aromatic carbocycles. The SMILES string of the molecule is CC(=O)C#Cc1cc(C)cc(C)c1. The molecular formula is C12H12O. The molecule has 1 rings (SSSR count). The second kappa shape index (κ2) is 3.91. The van der Waals surface area contributed by atoms with Crippen molar-refractivity contribution in [2.45, 2.75) is 20.8 Å². The molecule has 0 saturated carbocycles. The summed E-state index contributed by atoms with van der Waals surface area (Å²) in [5, 5.41) is 0. The molecule has 1 heteroatoms. The molecule has 0 heterocycles. The zero-order chi connectivity index (χ0) is 9.84. The molecule has 0 atom stereocenters. The van der Waals surface area contributed by atoms with Gasteiger partial charge in [-0.2, -0.15) is 0 Å². The van der Waals surface area contributed by atoms with Gasteiger partial charge in [0, 0.05) is 12.5 Å². The second-order valence-electron chi connectivity index (χ2n) is 3.18. The van der Waals surface area contributed by atoms with Crippen molar-refractivity contribution in [3.63, 3.8) is 0 Å². The molecule has 0 aliphatic heterocycles. The van der Waals surface area contributed by atoms with Gasteiger partial charge in [-0.1, -0.05) is 12.0 Å². The van der Waals surface area contributed by atoms with Crippen LogP contribution in [-0.4, -0.2) is 5.78 Å². The molecule has 0 aliphatic rings. The van der Waals surface area contributed by atoms with Crippen LogP contribution in [0.25, 0.3) is 0 Å². The van der Waals surface area contributed by atoms with E-state index in [0.717, 1.165) is 5.56 Å². The lowest BCUT2D eigenvalue weighted by molar-refractivity contribution is -0.111. The summed E-state index contributed by atoms with van der Waals surface area (Å²) in [5.41, 5.74) is 3.26. The van der Waals surface area contributed by atoms with Crippen LogP contribution in [0.4, 0.5) is 0 Å². The summed E-state index contributed by atoms with van der Waals surface area (Å²) in [7, 11) is 0. The predicted molar refractivity (Wildman–Crippen MR) is 53.5 cm³/mol. The van der Waals surface area contributed by atoms with Gasteiger partial charge in [-0.25, -0.2) is 0 Å². The highest BCUT2D eigenvalue weighted by atomic mass is 16.1. The molecule has 0 amide bonds. The number of Topliss-reactive ketones (excluding diaryl/α,β-unsaturated/α-hetero) is 1. The van der Waals surface area contributed by atoms with Crippen LogP contribution in [0.1, 0.15) is 23.6 Å². The largest absolute Gasteiger partial charge is 0.285 e. The van der Waals surface area contributed by atoms with E-state index >= 15 is 0 Å². The van der Waals surface area contributed by atoms with Crippen LogP contribution in [0.3, 0.4) is 0 Å². The number of hydrogen-bond acceptors (Lipinski definition) is 1. The van der Waals surface area contributed by atoms with Crippen LogP contribution in [-0.2, 0) is 4.79 Å². The van der Waals surface area contributed by atoms with Gasteiger partial charge in [-0.15, -0.1) is 0 Å². The molecule has 0 aliphatic carbocycles. The third-order valence-corrected chi connectivity index (χ3v) is 1.60. The monoisotopic (exact) mass is 172 g/mol. The van der Waals surface area contributed by atoms with Gasteiger partial charge in [0.2, 0.25) is 5.78 Å². The highest BCUT2D eigenvalue weighted by molar-refractivity contribution is 5.93. The van der Waals surface area contributed by atoms with Crippen LogP contribution in [0.2, 0.25) is 0 Å². The maximum atomic E-state index is 10.6. The summed E-state index contributed by atoms with van der Waals surface area (Å²) < 4.78 is 0. The van der Waals surface area contributed by atoms with Gasteiger partial charge < -0.3 is 0 Å². The third kappa shape index (κ3) is 3.13. The lowest BCUT2D eigenvalue weighted by Crippen LogP contribution is -1.84. The summed E-state index contributed by atoms with van der Waals surface area (Å²) in [6.07, 6.45) is 0. The molecular weight excluding hydrogens is 160 g/mol. The number of carbonyl (C=O) groups is 1. The van der Waals surface area contributed by atoms with E-state index in [-0.39, 0.29) is 5.78 Å². The second-order valence-corrected chi connectivity index (χ2v) is 3.18. The molecule has 0 fully saturated rings. The quantitative estimate of drug-likeness (QED) is 0.548. The number of ketones is 1. The highest BCUT2D eigenvalue weighted by Gasteiger charge is 1.91. The Morgan fingerprint density at radius 2 is 1.69 bits per heavy atom. The van der Waals surface area contributed by atoms with Crippen molar-refractivity contribution in [2.75, 3.05) is 0 Å². The molecule has 1 aromatic rings. The van der Waals surface area contributed by atoms with Crippen molar-refractivity contribution in [1.29, 1.82) is 0 Å². The molecule has 0 saturated heterocycles. The first kappa shape index (κ1) is 9.54. The van der Waals surface area contributed by atoms with Crippen LogP contribution < -0.4 is 0 Å². The maximum Gasteiger partial charge on any atom is 0.202 e. The summed E-state index contributed by atoms with van der Waals surface area (Å²) in [6, 6.07) is 6.03. The number of benzene rings is 1. The fourth-order valence-corrected chi connectivity index (χ4v) is 1.21. The Labute approximate surface area is 78.8 Å². The molecule has 0 bridgehead atoms. The zero-order valence-electron chi connectivity index (χ0n) is 8.14. The number of carbonyl (C=O) groups excluding carboxylic acids is 1. The van der Waals surface area contributed by atoms with E-state index in [9.17, 15) is 4.79 Å². The Morgan fingerprint density at radius 3 is 2.15 bits per heavy atom. The van der Waals surface area contributed by atoms with Gasteiger partial charge in [-0.05, 0) is 43.0 Å². The van der Waals surface area contributed by atoms with E-state index < -0.39 is 0 Å². The first-order chi connectivity index (χ1) is 6.08. The van der Waals surface area contributed by atoms with Gasteiger partial charge in [0.15, 0.2) is 0 Å². The Balaban J connectivity index is 3.04. The van der Waals surface area contributed by atoms with Crippen LogP contribution in [0.5, 0.6) is 0 Å². The van der Waals surface area contributed by atoms with Gasteiger partial charge in [0.05, 0.1) is 0 Å². The van der Waals surface area contributed by atoms with E-state index in [1.165, 1.54) is 18.1 Å². The van der Waals surface area contributed by atoms with Gasteiger partial charge >= 0.3 is 0 Å². The average molecular weight is 172 g/mol. The fourth-order valence-electron chi connectivity index (χ4n) is 1.21. The minimum Gasteiger partial charge on any atom is -0.285 e.